The lowest BCUT2D eigenvalue weighted by Crippen LogP contribution is -2.29. The number of carbonyl (C=O) groups is 1. The van der Waals surface area contributed by atoms with Crippen molar-refractivity contribution in [1.82, 2.24) is 0 Å². The van der Waals surface area contributed by atoms with Crippen molar-refractivity contribution < 1.29 is 19.4 Å². The molecular weight excluding hydrogens is 232 g/mol. The molecule has 1 rings (SSSR count). The Hall–Kier alpha value is -1.71. The number of aromatic hydroxyl groups is 1. The molecule has 1 aromatic rings. The van der Waals surface area contributed by atoms with Gasteiger partial charge in [-0.1, -0.05) is 6.07 Å². The van der Waals surface area contributed by atoms with E-state index >= 15 is 0 Å². The molecule has 0 saturated heterocycles. The summed E-state index contributed by atoms with van der Waals surface area (Å²) in [6.07, 6.45) is 0.876. The summed E-state index contributed by atoms with van der Waals surface area (Å²) in [6, 6.07) is 6.61. The summed E-state index contributed by atoms with van der Waals surface area (Å²) < 4.78 is 10.6. The maximum Gasteiger partial charge on any atom is 0.305 e. The first-order chi connectivity index (χ1) is 8.43. The van der Waals surface area contributed by atoms with Crippen molar-refractivity contribution in [2.45, 2.75) is 39.2 Å². The second-order valence-electron chi connectivity index (χ2n) is 4.66. The summed E-state index contributed by atoms with van der Waals surface area (Å²) in [7, 11) is 0. The van der Waals surface area contributed by atoms with Gasteiger partial charge in [0, 0.05) is 12.5 Å². The SMILES string of the molecule is CCOC(=O)CCC(C)(C)Oc1cccc(O)c1. The van der Waals surface area contributed by atoms with Crippen molar-refractivity contribution >= 4 is 5.97 Å². The maximum absolute atomic E-state index is 11.3. The Kier molecular flexibility index (Phi) is 5.01. The molecule has 0 amide bonds. The van der Waals surface area contributed by atoms with Gasteiger partial charge in [0.25, 0.3) is 0 Å². The average Bonchev–Trinajstić information content (AvgIpc) is 2.26. The highest BCUT2D eigenvalue weighted by Crippen LogP contribution is 2.25. The lowest BCUT2D eigenvalue weighted by Gasteiger charge is -2.26. The minimum atomic E-state index is -0.486. The summed E-state index contributed by atoms with van der Waals surface area (Å²) in [6.45, 7) is 5.98. The molecule has 0 bridgehead atoms. The van der Waals surface area contributed by atoms with Crippen molar-refractivity contribution in [3.63, 3.8) is 0 Å². The zero-order valence-corrected chi connectivity index (χ0v) is 11.1. The molecular formula is C14H20O4. The van der Waals surface area contributed by atoms with Gasteiger partial charge in [0.05, 0.1) is 6.61 Å². The van der Waals surface area contributed by atoms with Crippen LogP contribution in [0, 0.1) is 0 Å². The Labute approximate surface area is 108 Å². The molecule has 0 spiro atoms. The van der Waals surface area contributed by atoms with E-state index in [4.69, 9.17) is 9.47 Å². The van der Waals surface area contributed by atoms with Gasteiger partial charge in [0.2, 0.25) is 0 Å². The van der Waals surface area contributed by atoms with Gasteiger partial charge < -0.3 is 14.6 Å². The number of hydrogen-bond acceptors (Lipinski definition) is 4. The Bertz CT molecular complexity index is 399. The maximum atomic E-state index is 11.3. The fourth-order valence-corrected chi connectivity index (χ4v) is 1.55. The fourth-order valence-electron chi connectivity index (χ4n) is 1.55. The van der Waals surface area contributed by atoms with Crippen LogP contribution in [0.5, 0.6) is 11.5 Å². The first kappa shape index (κ1) is 14.4. The summed E-state index contributed by atoms with van der Waals surface area (Å²) in [5.41, 5.74) is -0.486. The van der Waals surface area contributed by atoms with Crippen molar-refractivity contribution in [2.24, 2.45) is 0 Å². The quantitative estimate of drug-likeness (QED) is 0.791. The van der Waals surface area contributed by atoms with E-state index in [1.165, 1.54) is 0 Å². The highest BCUT2D eigenvalue weighted by molar-refractivity contribution is 5.69. The number of phenols is 1. The Morgan fingerprint density at radius 2 is 2.11 bits per heavy atom. The molecule has 1 N–H and O–H groups in total. The Morgan fingerprint density at radius 1 is 1.39 bits per heavy atom. The standard InChI is InChI=1S/C14H20O4/c1-4-17-13(16)8-9-14(2,3)18-12-7-5-6-11(15)10-12/h5-7,10,15H,4,8-9H2,1-3H3. The molecule has 0 saturated carbocycles. The van der Waals surface area contributed by atoms with E-state index in [2.05, 4.69) is 0 Å². The normalized spacial score (nSPS) is 11.1. The molecule has 0 aliphatic rings. The van der Waals surface area contributed by atoms with Gasteiger partial charge >= 0.3 is 5.97 Å². The van der Waals surface area contributed by atoms with Crippen LogP contribution in [-0.4, -0.2) is 23.3 Å². The van der Waals surface area contributed by atoms with Crippen LogP contribution in [-0.2, 0) is 9.53 Å². The first-order valence-corrected chi connectivity index (χ1v) is 6.06. The second-order valence-corrected chi connectivity index (χ2v) is 4.66. The van der Waals surface area contributed by atoms with Crippen LogP contribution in [0.3, 0.4) is 0 Å². The van der Waals surface area contributed by atoms with Gasteiger partial charge in [-0.05, 0) is 39.3 Å². The predicted octanol–water partition coefficient (Wildman–Crippen LogP) is 2.89. The number of ether oxygens (including phenoxy) is 2. The number of esters is 1. The van der Waals surface area contributed by atoms with Crippen LogP contribution in [0.25, 0.3) is 0 Å². The average molecular weight is 252 g/mol. The van der Waals surface area contributed by atoms with Gasteiger partial charge in [0.1, 0.15) is 17.1 Å². The van der Waals surface area contributed by atoms with Crippen LogP contribution in [0.15, 0.2) is 24.3 Å². The highest BCUT2D eigenvalue weighted by Gasteiger charge is 2.21. The van der Waals surface area contributed by atoms with Gasteiger partial charge in [-0.15, -0.1) is 0 Å². The summed E-state index contributed by atoms with van der Waals surface area (Å²) in [4.78, 5) is 11.3. The third-order valence-corrected chi connectivity index (χ3v) is 2.45. The van der Waals surface area contributed by atoms with Crippen molar-refractivity contribution in [2.75, 3.05) is 6.61 Å². The number of benzene rings is 1. The van der Waals surface area contributed by atoms with Crippen LogP contribution in [0.2, 0.25) is 0 Å². The van der Waals surface area contributed by atoms with E-state index in [0.29, 0.717) is 25.2 Å². The van der Waals surface area contributed by atoms with Gasteiger partial charge in [-0.3, -0.25) is 4.79 Å². The topological polar surface area (TPSA) is 55.8 Å². The molecule has 100 valence electrons. The van der Waals surface area contributed by atoms with E-state index < -0.39 is 5.60 Å². The first-order valence-electron chi connectivity index (χ1n) is 6.06. The molecule has 0 radical (unpaired) electrons. The van der Waals surface area contributed by atoms with Crippen LogP contribution < -0.4 is 4.74 Å². The number of phenolic OH excluding ortho intramolecular Hbond substituents is 1. The number of rotatable bonds is 6. The molecule has 0 atom stereocenters. The zero-order chi connectivity index (χ0) is 13.6. The molecule has 0 aromatic heterocycles. The molecule has 0 aliphatic heterocycles. The molecule has 0 aliphatic carbocycles. The van der Waals surface area contributed by atoms with Crippen molar-refractivity contribution in [3.8, 4) is 11.5 Å². The third-order valence-electron chi connectivity index (χ3n) is 2.45. The molecule has 0 unspecified atom stereocenters. The van der Waals surface area contributed by atoms with Crippen LogP contribution >= 0.6 is 0 Å². The Morgan fingerprint density at radius 3 is 2.72 bits per heavy atom. The summed E-state index contributed by atoms with van der Waals surface area (Å²) >= 11 is 0. The van der Waals surface area contributed by atoms with Crippen LogP contribution in [0.4, 0.5) is 0 Å². The highest BCUT2D eigenvalue weighted by atomic mass is 16.5. The lowest BCUT2D eigenvalue weighted by molar-refractivity contribution is -0.144. The van der Waals surface area contributed by atoms with E-state index in [-0.39, 0.29) is 11.7 Å². The van der Waals surface area contributed by atoms with Crippen molar-refractivity contribution in [1.29, 1.82) is 0 Å². The van der Waals surface area contributed by atoms with Crippen molar-refractivity contribution in [3.05, 3.63) is 24.3 Å². The smallest absolute Gasteiger partial charge is 0.305 e. The third kappa shape index (κ3) is 5.08. The molecule has 1 aromatic carbocycles. The molecule has 0 fully saturated rings. The van der Waals surface area contributed by atoms with E-state index in [0.717, 1.165) is 0 Å². The minimum absolute atomic E-state index is 0.161. The Balaban J connectivity index is 2.51. The predicted molar refractivity (Wildman–Crippen MR) is 68.7 cm³/mol. The van der Waals surface area contributed by atoms with E-state index in [1.807, 2.05) is 13.8 Å². The van der Waals surface area contributed by atoms with Gasteiger partial charge in [-0.2, -0.15) is 0 Å². The number of hydrogen-bond donors (Lipinski definition) is 1. The van der Waals surface area contributed by atoms with Crippen LogP contribution in [0.1, 0.15) is 33.6 Å². The summed E-state index contributed by atoms with van der Waals surface area (Å²) in [5, 5.41) is 9.34. The zero-order valence-electron chi connectivity index (χ0n) is 11.1. The largest absolute Gasteiger partial charge is 0.508 e. The summed E-state index contributed by atoms with van der Waals surface area (Å²) in [5.74, 6) is 0.530. The molecule has 4 heteroatoms. The lowest BCUT2D eigenvalue weighted by atomic mass is 10.0. The minimum Gasteiger partial charge on any atom is -0.508 e. The van der Waals surface area contributed by atoms with Gasteiger partial charge in [0.15, 0.2) is 0 Å². The van der Waals surface area contributed by atoms with E-state index in [9.17, 15) is 9.90 Å². The second kappa shape index (κ2) is 6.28. The number of carbonyl (C=O) groups excluding carboxylic acids is 1. The van der Waals surface area contributed by atoms with E-state index in [1.54, 1.807) is 31.2 Å². The molecule has 0 heterocycles. The fraction of sp³-hybridized carbons (Fsp3) is 0.500. The van der Waals surface area contributed by atoms with Gasteiger partial charge in [-0.25, -0.2) is 0 Å². The molecule has 18 heavy (non-hydrogen) atoms. The molecule has 4 nitrogen and oxygen atoms in total. The monoisotopic (exact) mass is 252 g/mol.